The zero-order valence-electron chi connectivity index (χ0n) is 11.5. The van der Waals surface area contributed by atoms with Gasteiger partial charge in [0.05, 0.1) is 5.75 Å². The summed E-state index contributed by atoms with van der Waals surface area (Å²) in [6.45, 7) is 2.13. The molecule has 1 aliphatic rings. The van der Waals surface area contributed by atoms with Gasteiger partial charge < -0.3 is 9.80 Å². The van der Waals surface area contributed by atoms with Crippen LogP contribution in [0, 0.1) is 0 Å². The molecule has 0 radical (unpaired) electrons. The Balaban J connectivity index is 1.79. The van der Waals surface area contributed by atoms with Crippen LogP contribution in [0.25, 0.3) is 0 Å². The number of thioether (sulfide) groups is 1. The van der Waals surface area contributed by atoms with E-state index in [-0.39, 0.29) is 5.91 Å². The second-order valence-electron chi connectivity index (χ2n) is 4.86. The van der Waals surface area contributed by atoms with E-state index in [4.69, 9.17) is 0 Å². The van der Waals surface area contributed by atoms with E-state index in [9.17, 15) is 4.79 Å². The van der Waals surface area contributed by atoms with Gasteiger partial charge in [-0.25, -0.2) is 9.97 Å². The van der Waals surface area contributed by atoms with Crippen LogP contribution in [0.4, 0.5) is 0 Å². The molecular formula is C13H20N4OS. The molecule has 2 heterocycles. The topological polar surface area (TPSA) is 49.3 Å². The fourth-order valence-electron chi connectivity index (χ4n) is 2.17. The molecule has 0 aromatic carbocycles. The summed E-state index contributed by atoms with van der Waals surface area (Å²) in [5, 5.41) is 0.660. The Bertz CT molecular complexity index is 406. The second-order valence-corrected chi connectivity index (χ2v) is 5.80. The van der Waals surface area contributed by atoms with E-state index in [1.807, 2.05) is 11.9 Å². The lowest BCUT2D eigenvalue weighted by molar-refractivity contribution is -0.129. The minimum absolute atomic E-state index is 0.159. The van der Waals surface area contributed by atoms with Crippen LogP contribution in [0.1, 0.15) is 12.8 Å². The molecule has 0 aliphatic carbocycles. The van der Waals surface area contributed by atoms with Gasteiger partial charge >= 0.3 is 0 Å². The van der Waals surface area contributed by atoms with Gasteiger partial charge in [-0.2, -0.15) is 0 Å². The average Bonchev–Trinajstić information content (AvgIpc) is 2.46. The van der Waals surface area contributed by atoms with Crippen molar-refractivity contribution in [2.75, 3.05) is 32.9 Å². The predicted molar refractivity (Wildman–Crippen MR) is 76.0 cm³/mol. The molecule has 0 spiro atoms. The molecule has 19 heavy (non-hydrogen) atoms. The standard InChI is InChI=1S/C13H20N4OS/c1-16-8-4-11(5-9-16)17(2)12(18)10-19-13-14-6-3-7-15-13/h3,6-7,11H,4-5,8-10H2,1-2H3. The van der Waals surface area contributed by atoms with Gasteiger partial charge in [0, 0.05) is 25.5 Å². The smallest absolute Gasteiger partial charge is 0.233 e. The fraction of sp³-hybridized carbons (Fsp3) is 0.615. The van der Waals surface area contributed by atoms with E-state index in [0.717, 1.165) is 25.9 Å². The van der Waals surface area contributed by atoms with Crippen molar-refractivity contribution in [3.8, 4) is 0 Å². The SMILES string of the molecule is CN1CCC(N(C)C(=O)CSc2ncccn2)CC1. The van der Waals surface area contributed by atoms with E-state index >= 15 is 0 Å². The Morgan fingerprint density at radius 3 is 2.68 bits per heavy atom. The van der Waals surface area contributed by atoms with Crippen molar-refractivity contribution in [1.29, 1.82) is 0 Å². The first kappa shape index (κ1) is 14.3. The molecule has 0 unspecified atom stereocenters. The average molecular weight is 280 g/mol. The van der Waals surface area contributed by atoms with Crippen LogP contribution in [0.15, 0.2) is 23.6 Å². The Kier molecular flexibility index (Phi) is 5.15. The van der Waals surface area contributed by atoms with Crippen molar-refractivity contribution < 1.29 is 4.79 Å². The summed E-state index contributed by atoms with van der Waals surface area (Å²) in [5.74, 6) is 0.569. The number of amides is 1. The van der Waals surface area contributed by atoms with Crippen molar-refractivity contribution in [2.45, 2.75) is 24.0 Å². The quantitative estimate of drug-likeness (QED) is 0.611. The zero-order valence-corrected chi connectivity index (χ0v) is 12.3. The first-order chi connectivity index (χ1) is 9.16. The third kappa shape index (κ3) is 4.18. The van der Waals surface area contributed by atoms with Crippen molar-refractivity contribution in [3.05, 3.63) is 18.5 Å². The molecule has 2 rings (SSSR count). The lowest BCUT2D eigenvalue weighted by Gasteiger charge is -2.35. The molecule has 0 saturated carbocycles. The predicted octanol–water partition coefficient (Wildman–Crippen LogP) is 1.12. The van der Waals surface area contributed by atoms with Gasteiger partial charge in [-0.3, -0.25) is 4.79 Å². The Morgan fingerprint density at radius 2 is 2.05 bits per heavy atom. The Hall–Kier alpha value is -1.14. The van der Waals surface area contributed by atoms with Crippen LogP contribution >= 0.6 is 11.8 Å². The highest BCUT2D eigenvalue weighted by atomic mass is 32.2. The van der Waals surface area contributed by atoms with Gasteiger partial charge in [-0.05, 0) is 39.0 Å². The van der Waals surface area contributed by atoms with Gasteiger partial charge in [0.1, 0.15) is 0 Å². The van der Waals surface area contributed by atoms with Crippen molar-refractivity contribution in [2.24, 2.45) is 0 Å². The number of hydrogen-bond acceptors (Lipinski definition) is 5. The van der Waals surface area contributed by atoms with Crippen LogP contribution < -0.4 is 0 Å². The highest BCUT2D eigenvalue weighted by molar-refractivity contribution is 7.99. The molecule has 1 fully saturated rings. The van der Waals surface area contributed by atoms with E-state index in [1.54, 1.807) is 18.5 Å². The number of rotatable bonds is 4. The zero-order chi connectivity index (χ0) is 13.7. The van der Waals surface area contributed by atoms with E-state index < -0.39 is 0 Å². The number of likely N-dealkylation sites (tertiary alicyclic amines) is 1. The van der Waals surface area contributed by atoms with Gasteiger partial charge in [-0.1, -0.05) is 11.8 Å². The first-order valence-electron chi connectivity index (χ1n) is 6.51. The van der Waals surface area contributed by atoms with Gasteiger partial charge in [0.2, 0.25) is 5.91 Å². The maximum Gasteiger partial charge on any atom is 0.233 e. The minimum atomic E-state index is 0.159. The molecule has 5 nitrogen and oxygen atoms in total. The van der Waals surface area contributed by atoms with E-state index in [1.165, 1.54) is 11.8 Å². The van der Waals surface area contributed by atoms with Crippen molar-refractivity contribution >= 4 is 17.7 Å². The fourth-order valence-corrected chi connectivity index (χ4v) is 2.90. The van der Waals surface area contributed by atoms with Gasteiger partial charge in [0.15, 0.2) is 5.16 Å². The van der Waals surface area contributed by atoms with Crippen LogP contribution in [0.3, 0.4) is 0 Å². The summed E-state index contributed by atoms with van der Waals surface area (Å²) in [6, 6.07) is 2.15. The summed E-state index contributed by atoms with van der Waals surface area (Å²) in [5.41, 5.74) is 0. The summed E-state index contributed by atoms with van der Waals surface area (Å²) in [4.78, 5) is 24.5. The lowest BCUT2D eigenvalue weighted by atomic mass is 10.0. The first-order valence-corrected chi connectivity index (χ1v) is 7.49. The number of piperidine rings is 1. The molecule has 1 aliphatic heterocycles. The number of carbonyl (C=O) groups is 1. The number of hydrogen-bond donors (Lipinski definition) is 0. The molecule has 1 amide bonds. The molecule has 1 aromatic rings. The minimum Gasteiger partial charge on any atom is -0.342 e. The van der Waals surface area contributed by atoms with Crippen LogP contribution in [-0.2, 0) is 4.79 Å². The number of aromatic nitrogens is 2. The molecule has 0 atom stereocenters. The van der Waals surface area contributed by atoms with Crippen molar-refractivity contribution in [1.82, 2.24) is 19.8 Å². The highest BCUT2D eigenvalue weighted by Crippen LogP contribution is 2.17. The molecule has 6 heteroatoms. The maximum atomic E-state index is 12.1. The van der Waals surface area contributed by atoms with Crippen molar-refractivity contribution in [3.63, 3.8) is 0 Å². The van der Waals surface area contributed by atoms with E-state index in [2.05, 4.69) is 21.9 Å². The summed E-state index contributed by atoms with van der Waals surface area (Å²) in [6.07, 6.45) is 5.51. The normalized spacial score (nSPS) is 17.4. The second kappa shape index (κ2) is 6.86. The maximum absolute atomic E-state index is 12.1. The van der Waals surface area contributed by atoms with Gasteiger partial charge in [-0.15, -0.1) is 0 Å². The Labute approximate surface area is 118 Å². The van der Waals surface area contributed by atoms with Crippen LogP contribution in [-0.4, -0.2) is 64.7 Å². The lowest BCUT2D eigenvalue weighted by Crippen LogP contribution is -2.45. The number of nitrogens with zero attached hydrogens (tertiary/aromatic N) is 4. The third-order valence-corrected chi connectivity index (χ3v) is 4.36. The molecular weight excluding hydrogens is 260 g/mol. The number of carbonyl (C=O) groups excluding carboxylic acids is 1. The summed E-state index contributed by atoms with van der Waals surface area (Å²) < 4.78 is 0. The largest absolute Gasteiger partial charge is 0.342 e. The van der Waals surface area contributed by atoms with Crippen LogP contribution in [0.5, 0.6) is 0 Å². The Morgan fingerprint density at radius 1 is 1.42 bits per heavy atom. The molecule has 0 N–H and O–H groups in total. The van der Waals surface area contributed by atoms with E-state index in [0.29, 0.717) is 17.0 Å². The summed E-state index contributed by atoms with van der Waals surface area (Å²) in [7, 11) is 4.03. The van der Waals surface area contributed by atoms with Crippen LogP contribution in [0.2, 0.25) is 0 Å². The third-order valence-electron chi connectivity index (χ3n) is 3.50. The highest BCUT2D eigenvalue weighted by Gasteiger charge is 2.23. The monoisotopic (exact) mass is 280 g/mol. The summed E-state index contributed by atoms with van der Waals surface area (Å²) >= 11 is 1.40. The molecule has 104 valence electrons. The molecule has 1 aromatic heterocycles. The molecule has 1 saturated heterocycles. The molecule has 0 bridgehead atoms. The van der Waals surface area contributed by atoms with Gasteiger partial charge in [0.25, 0.3) is 0 Å².